The second-order valence-electron chi connectivity index (χ2n) is 6.54. The second kappa shape index (κ2) is 9.98. The third kappa shape index (κ3) is 5.64. The van der Waals surface area contributed by atoms with E-state index < -0.39 is 5.91 Å². The van der Waals surface area contributed by atoms with Crippen LogP contribution in [0, 0.1) is 18.3 Å². The van der Waals surface area contributed by atoms with Crippen molar-refractivity contribution in [1.29, 1.82) is 5.26 Å². The van der Waals surface area contributed by atoms with Crippen LogP contribution in [-0.2, 0) is 11.4 Å². The van der Waals surface area contributed by atoms with E-state index in [1.165, 1.54) is 6.08 Å². The zero-order valence-corrected chi connectivity index (χ0v) is 17.7. The molecule has 0 bridgehead atoms. The van der Waals surface area contributed by atoms with E-state index in [9.17, 15) is 10.1 Å². The summed E-state index contributed by atoms with van der Waals surface area (Å²) in [7, 11) is 0. The molecule has 150 valence electrons. The van der Waals surface area contributed by atoms with Gasteiger partial charge < -0.3 is 10.1 Å². The highest BCUT2D eigenvalue weighted by atomic mass is 35.5. The highest BCUT2D eigenvalue weighted by molar-refractivity contribution is 6.31. The maximum absolute atomic E-state index is 12.6. The van der Waals surface area contributed by atoms with Gasteiger partial charge in [-0.25, -0.2) is 0 Å². The minimum atomic E-state index is -0.507. The number of carbonyl (C=O) groups is 1. The molecule has 1 amide bonds. The molecule has 0 spiro atoms. The number of halogens is 2. The summed E-state index contributed by atoms with van der Waals surface area (Å²) >= 11 is 12.1. The zero-order valence-electron chi connectivity index (χ0n) is 16.2. The van der Waals surface area contributed by atoms with Crippen molar-refractivity contribution in [1.82, 2.24) is 0 Å². The molecule has 0 aliphatic carbocycles. The lowest BCUT2D eigenvalue weighted by Gasteiger charge is -2.11. The van der Waals surface area contributed by atoms with Gasteiger partial charge in [0, 0.05) is 21.3 Å². The normalized spacial score (nSPS) is 10.9. The van der Waals surface area contributed by atoms with E-state index in [0.717, 1.165) is 11.1 Å². The average molecular weight is 437 g/mol. The Labute approximate surface area is 185 Å². The molecular formula is C24H18Cl2N2O2. The summed E-state index contributed by atoms with van der Waals surface area (Å²) < 4.78 is 5.89. The zero-order chi connectivity index (χ0) is 21.5. The van der Waals surface area contributed by atoms with E-state index in [0.29, 0.717) is 27.0 Å². The van der Waals surface area contributed by atoms with Crippen molar-refractivity contribution >= 4 is 40.9 Å². The largest absolute Gasteiger partial charge is 0.488 e. The molecule has 0 aliphatic rings. The number of nitriles is 1. The van der Waals surface area contributed by atoms with Crippen LogP contribution in [0.1, 0.15) is 16.7 Å². The molecule has 0 aliphatic heterocycles. The molecule has 0 aromatic heterocycles. The smallest absolute Gasteiger partial charge is 0.266 e. The van der Waals surface area contributed by atoms with E-state index >= 15 is 0 Å². The van der Waals surface area contributed by atoms with Crippen LogP contribution in [0.3, 0.4) is 0 Å². The van der Waals surface area contributed by atoms with Gasteiger partial charge in [-0.1, -0.05) is 53.5 Å². The Morgan fingerprint density at radius 3 is 2.57 bits per heavy atom. The minimum absolute atomic E-state index is 0.0619. The van der Waals surface area contributed by atoms with Crippen molar-refractivity contribution < 1.29 is 9.53 Å². The number of nitrogens with one attached hydrogen (secondary N) is 1. The van der Waals surface area contributed by atoms with Gasteiger partial charge in [0.2, 0.25) is 0 Å². The molecule has 0 atom stereocenters. The first-order valence-electron chi connectivity index (χ1n) is 9.12. The summed E-state index contributed by atoms with van der Waals surface area (Å²) in [4.78, 5) is 12.6. The van der Waals surface area contributed by atoms with Crippen LogP contribution < -0.4 is 10.1 Å². The number of ether oxygens (including phenoxy) is 1. The van der Waals surface area contributed by atoms with Crippen molar-refractivity contribution in [3.8, 4) is 11.8 Å². The molecule has 3 aromatic carbocycles. The summed E-state index contributed by atoms with van der Waals surface area (Å²) in [6.45, 7) is 2.16. The van der Waals surface area contributed by atoms with Crippen LogP contribution in [-0.4, -0.2) is 5.91 Å². The predicted octanol–water partition coefficient (Wildman–Crippen LogP) is 6.43. The van der Waals surface area contributed by atoms with Crippen LogP contribution in [0.15, 0.2) is 72.3 Å². The third-order valence-corrected chi connectivity index (χ3v) is 4.78. The first-order chi connectivity index (χ1) is 14.5. The summed E-state index contributed by atoms with van der Waals surface area (Å²) in [5, 5.41) is 13.4. The van der Waals surface area contributed by atoms with Crippen LogP contribution in [0.2, 0.25) is 10.0 Å². The van der Waals surface area contributed by atoms with Crippen molar-refractivity contribution in [2.75, 3.05) is 5.32 Å². The van der Waals surface area contributed by atoms with E-state index in [1.54, 1.807) is 30.3 Å². The standard InChI is InChI=1S/C24H18Cl2N2O2/c1-16-5-2-3-8-22(16)28-24(29)19(14-27)12-18-13-21(26)9-10-23(18)30-15-17-6-4-7-20(25)11-17/h2-13H,15H2,1H3,(H,28,29)/b19-12+. The first kappa shape index (κ1) is 21.4. The number of amides is 1. The highest BCUT2D eigenvalue weighted by Crippen LogP contribution is 2.27. The molecule has 3 aromatic rings. The Bertz CT molecular complexity index is 1150. The Hall–Kier alpha value is -3.26. The number of carbonyl (C=O) groups excluding carboxylic acids is 1. The van der Waals surface area contributed by atoms with Crippen LogP contribution in [0.4, 0.5) is 5.69 Å². The fourth-order valence-corrected chi connectivity index (χ4v) is 3.15. The molecule has 0 saturated heterocycles. The third-order valence-electron chi connectivity index (χ3n) is 4.31. The minimum Gasteiger partial charge on any atom is -0.488 e. The quantitative estimate of drug-likeness (QED) is 0.357. The summed E-state index contributed by atoms with van der Waals surface area (Å²) in [6.07, 6.45) is 1.47. The van der Waals surface area contributed by atoms with E-state index in [4.69, 9.17) is 27.9 Å². The number of para-hydroxylation sites is 1. The Morgan fingerprint density at radius 1 is 1.07 bits per heavy atom. The molecule has 30 heavy (non-hydrogen) atoms. The number of benzene rings is 3. The molecule has 4 nitrogen and oxygen atoms in total. The SMILES string of the molecule is Cc1ccccc1NC(=O)/C(C#N)=C/c1cc(Cl)ccc1OCc1cccc(Cl)c1. The van der Waals surface area contributed by atoms with E-state index in [2.05, 4.69) is 5.32 Å². The Balaban J connectivity index is 1.84. The molecule has 1 N–H and O–H groups in total. The number of hydrogen-bond acceptors (Lipinski definition) is 3. The molecular weight excluding hydrogens is 419 g/mol. The highest BCUT2D eigenvalue weighted by Gasteiger charge is 2.13. The Morgan fingerprint density at radius 2 is 1.83 bits per heavy atom. The van der Waals surface area contributed by atoms with Gasteiger partial charge >= 0.3 is 0 Å². The molecule has 0 saturated carbocycles. The first-order valence-corrected chi connectivity index (χ1v) is 9.87. The van der Waals surface area contributed by atoms with Gasteiger partial charge in [-0.15, -0.1) is 0 Å². The van der Waals surface area contributed by atoms with Crippen molar-refractivity contribution in [2.45, 2.75) is 13.5 Å². The summed E-state index contributed by atoms with van der Waals surface area (Å²) in [6, 6.07) is 21.7. The monoisotopic (exact) mass is 436 g/mol. The average Bonchev–Trinajstić information content (AvgIpc) is 2.73. The van der Waals surface area contributed by atoms with Gasteiger partial charge in [0.25, 0.3) is 5.91 Å². The number of aryl methyl sites for hydroxylation is 1. The fourth-order valence-electron chi connectivity index (χ4n) is 2.76. The predicted molar refractivity (Wildman–Crippen MR) is 121 cm³/mol. The van der Waals surface area contributed by atoms with Crippen LogP contribution >= 0.6 is 23.2 Å². The lowest BCUT2D eigenvalue weighted by atomic mass is 10.1. The van der Waals surface area contributed by atoms with Crippen LogP contribution in [0.25, 0.3) is 6.08 Å². The topological polar surface area (TPSA) is 62.1 Å². The van der Waals surface area contributed by atoms with Crippen LogP contribution in [0.5, 0.6) is 5.75 Å². The van der Waals surface area contributed by atoms with Gasteiger partial charge in [0.05, 0.1) is 0 Å². The van der Waals surface area contributed by atoms with E-state index in [-0.39, 0.29) is 12.2 Å². The van der Waals surface area contributed by atoms with Crippen molar-refractivity contribution in [3.05, 3.63) is 99.0 Å². The number of rotatable bonds is 6. The lowest BCUT2D eigenvalue weighted by Crippen LogP contribution is -2.14. The second-order valence-corrected chi connectivity index (χ2v) is 7.41. The van der Waals surface area contributed by atoms with Gasteiger partial charge in [-0.3, -0.25) is 4.79 Å². The van der Waals surface area contributed by atoms with Crippen molar-refractivity contribution in [2.24, 2.45) is 0 Å². The molecule has 0 heterocycles. The molecule has 6 heteroatoms. The molecule has 0 radical (unpaired) electrons. The molecule has 0 fully saturated rings. The number of anilines is 1. The maximum Gasteiger partial charge on any atom is 0.266 e. The maximum atomic E-state index is 12.6. The van der Waals surface area contributed by atoms with E-state index in [1.807, 2.05) is 49.4 Å². The summed E-state index contributed by atoms with van der Waals surface area (Å²) in [5.74, 6) is -0.0108. The van der Waals surface area contributed by atoms with Crippen molar-refractivity contribution in [3.63, 3.8) is 0 Å². The van der Waals surface area contributed by atoms with Gasteiger partial charge in [-0.05, 0) is 60.5 Å². The number of nitrogens with zero attached hydrogens (tertiary/aromatic N) is 1. The summed E-state index contributed by atoms with van der Waals surface area (Å²) in [5.41, 5.74) is 2.91. The lowest BCUT2D eigenvalue weighted by molar-refractivity contribution is -0.112. The number of hydrogen-bond donors (Lipinski definition) is 1. The molecule has 0 unspecified atom stereocenters. The van der Waals surface area contributed by atoms with Gasteiger partial charge in [0.1, 0.15) is 24.0 Å². The van der Waals surface area contributed by atoms with Gasteiger partial charge in [0.15, 0.2) is 0 Å². The fraction of sp³-hybridized carbons (Fsp3) is 0.0833. The molecule has 3 rings (SSSR count). The Kier molecular flexibility index (Phi) is 7.13. The van der Waals surface area contributed by atoms with Gasteiger partial charge in [-0.2, -0.15) is 5.26 Å².